The molecular weight excluding hydrogens is 366 g/mol. The molecule has 1 N–H and O–H groups in total. The molecule has 0 aliphatic heterocycles. The maximum absolute atomic E-state index is 11.6. The molecule has 0 saturated heterocycles. The first kappa shape index (κ1) is 16.8. The van der Waals surface area contributed by atoms with E-state index in [2.05, 4.69) is 21.2 Å². The van der Waals surface area contributed by atoms with E-state index < -0.39 is 0 Å². The van der Waals surface area contributed by atoms with Crippen molar-refractivity contribution in [2.75, 3.05) is 7.05 Å². The van der Waals surface area contributed by atoms with Gasteiger partial charge in [-0.25, -0.2) is 0 Å². The normalized spacial score (nSPS) is 10.4. The van der Waals surface area contributed by atoms with Crippen LogP contribution in [0.2, 0.25) is 5.02 Å². The van der Waals surface area contributed by atoms with Crippen LogP contribution in [0.15, 0.2) is 40.9 Å². The van der Waals surface area contributed by atoms with Crippen LogP contribution in [0.5, 0.6) is 5.75 Å². The van der Waals surface area contributed by atoms with Crippen molar-refractivity contribution in [3.05, 3.63) is 62.6 Å². The van der Waals surface area contributed by atoms with Crippen molar-refractivity contribution >= 4 is 33.4 Å². The minimum Gasteiger partial charge on any atom is -0.488 e. The summed E-state index contributed by atoms with van der Waals surface area (Å²) >= 11 is 9.75. The van der Waals surface area contributed by atoms with Crippen LogP contribution in [0.25, 0.3) is 0 Å². The number of hydrogen-bond donors (Lipinski definition) is 1. The number of amides is 1. The Morgan fingerprint density at radius 2 is 2.09 bits per heavy atom. The zero-order chi connectivity index (χ0) is 16.1. The minimum atomic E-state index is -0.0555. The van der Waals surface area contributed by atoms with Crippen LogP contribution < -0.4 is 10.1 Å². The zero-order valence-corrected chi connectivity index (χ0v) is 14.8. The first-order valence-electron chi connectivity index (χ1n) is 6.87. The van der Waals surface area contributed by atoms with Gasteiger partial charge in [0.25, 0.3) is 0 Å². The molecule has 0 aliphatic carbocycles. The van der Waals surface area contributed by atoms with Crippen LogP contribution in [0.1, 0.15) is 16.7 Å². The molecule has 0 radical (unpaired) electrons. The summed E-state index contributed by atoms with van der Waals surface area (Å²) < 4.78 is 6.75. The van der Waals surface area contributed by atoms with Crippen molar-refractivity contribution in [1.82, 2.24) is 5.32 Å². The number of ether oxygens (including phenoxy) is 1. The van der Waals surface area contributed by atoms with Gasteiger partial charge in [-0.05, 0) is 52.2 Å². The number of rotatable bonds is 5. The molecule has 2 aromatic carbocycles. The van der Waals surface area contributed by atoms with Gasteiger partial charge in [0.2, 0.25) is 5.91 Å². The van der Waals surface area contributed by atoms with E-state index >= 15 is 0 Å². The fraction of sp³-hybridized carbons (Fsp3) is 0.235. The van der Waals surface area contributed by atoms with Gasteiger partial charge in [-0.2, -0.15) is 0 Å². The van der Waals surface area contributed by atoms with Crippen LogP contribution in [0, 0.1) is 6.92 Å². The number of halogens is 2. The van der Waals surface area contributed by atoms with Crippen molar-refractivity contribution in [3.63, 3.8) is 0 Å². The summed E-state index contributed by atoms with van der Waals surface area (Å²) in [5, 5.41) is 3.22. The molecule has 0 aliphatic rings. The Morgan fingerprint density at radius 3 is 2.77 bits per heavy atom. The Hall–Kier alpha value is -1.52. The molecule has 0 aromatic heterocycles. The number of benzene rings is 2. The van der Waals surface area contributed by atoms with Gasteiger partial charge in [-0.15, -0.1) is 0 Å². The van der Waals surface area contributed by atoms with Crippen molar-refractivity contribution < 1.29 is 9.53 Å². The standard InChI is InChI=1S/C17H17BrClNO2/c1-11-6-7-16(14(18)8-11)22-10-13-12(9-17(21)20-2)4-3-5-15(13)19/h3-8H,9-10H2,1-2H3,(H,20,21). The number of aryl methyl sites for hydroxylation is 1. The van der Waals surface area contributed by atoms with Gasteiger partial charge >= 0.3 is 0 Å². The van der Waals surface area contributed by atoms with Crippen LogP contribution in [-0.4, -0.2) is 13.0 Å². The summed E-state index contributed by atoms with van der Waals surface area (Å²) in [4.78, 5) is 11.6. The van der Waals surface area contributed by atoms with Crippen LogP contribution in [-0.2, 0) is 17.8 Å². The zero-order valence-electron chi connectivity index (χ0n) is 12.5. The van der Waals surface area contributed by atoms with E-state index in [1.165, 1.54) is 0 Å². The summed E-state index contributed by atoms with van der Waals surface area (Å²) in [6.45, 7) is 2.33. The van der Waals surface area contributed by atoms with Gasteiger partial charge in [0.05, 0.1) is 10.9 Å². The van der Waals surface area contributed by atoms with E-state index in [0.717, 1.165) is 26.9 Å². The maximum atomic E-state index is 11.6. The average molecular weight is 383 g/mol. The highest BCUT2D eigenvalue weighted by atomic mass is 79.9. The largest absolute Gasteiger partial charge is 0.488 e. The Balaban J connectivity index is 2.19. The first-order chi connectivity index (χ1) is 10.5. The van der Waals surface area contributed by atoms with E-state index in [0.29, 0.717) is 11.6 Å². The third-order valence-electron chi connectivity index (χ3n) is 3.31. The molecule has 0 atom stereocenters. The molecular formula is C17H17BrClNO2. The van der Waals surface area contributed by atoms with Crippen LogP contribution in [0.3, 0.4) is 0 Å². The van der Waals surface area contributed by atoms with Gasteiger partial charge < -0.3 is 10.1 Å². The van der Waals surface area contributed by atoms with Crippen molar-refractivity contribution in [1.29, 1.82) is 0 Å². The molecule has 0 fully saturated rings. The Bertz CT molecular complexity index is 688. The summed E-state index contributed by atoms with van der Waals surface area (Å²) in [6.07, 6.45) is 0.283. The van der Waals surface area contributed by atoms with E-state index in [1.54, 1.807) is 13.1 Å². The molecule has 0 heterocycles. The fourth-order valence-electron chi connectivity index (χ4n) is 2.06. The Kier molecular flexibility index (Phi) is 5.86. The van der Waals surface area contributed by atoms with E-state index in [4.69, 9.17) is 16.3 Å². The molecule has 22 heavy (non-hydrogen) atoms. The second kappa shape index (κ2) is 7.65. The van der Waals surface area contributed by atoms with Gasteiger partial charge in [0, 0.05) is 17.6 Å². The smallest absolute Gasteiger partial charge is 0.224 e. The van der Waals surface area contributed by atoms with Crippen LogP contribution >= 0.6 is 27.5 Å². The van der Waals surface area contributed by atoms with E-state index in [9.17, 15) is 4.79 Å². The average Bonchev–Trinajstić information content (AvgIpc) is 2.48. The molecule has 0 spiro atoms. The van der Waals surface area contributed by atoms with Gasteiger partial charge in [0.1, 0.15) is 12.4 Å². The number of nitrogens with one attached hydrogen (secondary N) is 1. The molecule has 5 heteroatoms. The molecule has 2 rings (SSSR count). The lowest BCUT2D eigenvalue weighted by molar-refractivity contribution is -0.119. The fourth-order valence-corrected chi connectivity index (χ4v) is 2.92. The van der Waals surface area contributed by atoms with Crippen LogP contribution in [0.4, 0.5) is 0 Å². The van der Waals surface area contributed by atoms with Gasteiger partial charge in [0.15, 0.2) is 0 Å². The quantitative estimate of drug-likeness (QED) is 0.838. The first-order valence-corrected chi connectivity index (χ1v) is 8.04. The van der Waals surface area contributed by atoms with Crippen molar-refractivity contribution in [3.8, 4) is 5.75 Å². The van der Waals surface area contributed by atoms with Crippen molar-refractivity contribution in [2.24, 2.45) is 0 Å². The highest BCUT2D eigenvalue weighted by molar-refractivity contribution is 9.10. The summed E-state index contributed by atoms with van der Waals surface area (Å²) in [5.41, 5.74) is 2.85. The van der Waals surface area contributed by atoms with Gasteiger partial charge in [-0.3, -0.25) is 4.79 Å². The topological polar surface area (TPSA) is 38.3 Å². The predicted octanol–water partition coefficient (Wildman–Crippen LogP) is 4.28. The monoisotopic (exact) mass is 381 g/mol. The second-order valence-electron chi connectivity index (χ2n) is 4.95. The lowest BCUT2D eigenvalue weighted by Crippen LogP contribution is -2.21. The lowest BCUT2D eigenvalue weighted by Gasteiger charge is -2.13. The summed E-state index contributed by atoms with van der Waals surface area (Å²) in [7, 11) is 1.62. The molecule has 3 nitrogen and oxygen atoms in total. The summed E-state index contributed by atoms with van der Waals surface area (Å²) in [6, 6.07) is 11.4. The third kappa shape index (κ3) is 4.24. The highest BCUT2D eigenvalue weighted by Gasteiger charge is 2.12. The Labute approximate surface area is 143 Å². The molecule has 0 saturated carbocycles. The van der Waals surface area contributed by atoms with Crippen molar-refractivity contribution in [2.45, 2.75) is 20.0 Å². The van der Waals surface area contributed by atoms with E-state index in [1.807, 2.05) is 37.3 Å². The predicted molar refractivity (Wildman–Crippen MR) is 92.4 cm³/mol. The molecule has 0 bridgehead atoms. The second-order valence-corrected chi connectivity index (χ2v) is 6.21. The number of likely N-dealkylation sites (N-methyl/N-ethyl adjacent to an activating group) is 1. The lowest BCUT2D eigenvalue weighted by atomic mass is 10.0. The highest BCUT2D eigenvalue weighted by Crippen LogP contribution is 2.28. The van der Waals surface area contributed by atoms with E-state index in [-0.39, 0.29) is 12.3 Å². The Morgan fingerprint density at radius 1 is 1.32 bits per heavy atom. The number of carbonyl (C=O) groups is 1. The number of carbonyl (C=O) groups excluding carboxylic acids is 1. The van der Waals surface area contributed by atoms with Gasteiger partial charge in [-0.1, -0.05) is 29.8 Å². The molecule has 116 valence electrons. The third-order valence-corrected chi connectivity index (χ3v) is 4.28. The molecule has 0 unspecified atom stereocenters. The number of hydrogen-bond acceptors (Lipinski definition) is 2. The summed E-state index contributed by atoms with van der Waals surface area (Å²) in [5.74, 6) is 0.691. The maximum Gasteiger partial charge on any atom is 0.224 e. The molecule has 1 amide bonds. The minimum absolute atomic E-state index is 0.0555. The SMILES string of the molecule is CNC(=O)Cc1cccc(Cl)c1COc1ccc(C)cc1Br. The molecule has 2 aromatic rings.